The van der Waals surface area contributed by atoms with Crippen molar-refractivity contribution in [1.29, 1.82) is 0 Å². The minimum Gasteiger partial charge on any atom is -0.332 e. The number of hydrogen-bond acceptors (Lipinski definition) is 2. The monoisotopic (exact) mass is 390 g/mol. The van der Waals surface area contributed by atoms with Gasteiger partial charge in [0.25, 0.3) is 0 Å². The van der Waals surface area contributed by atoms with Crippen LogP contribution >= 0.6 is 34.8 Å². The second-order valence-electron chi connectivity index (χ2n) is 5.57. The van der Waals surface area contributed by atoms with E-state index in [9.17, 15) is 4.79 Å². The second kappa shape index (κ2) is 6.17. The smallest absolute Gasteiger partial charge is 0.231 e. The average Bonchev–Trinajstić information content (AvgIpc) is 2.24. The Kier molecular flexibility index (Phi) is 5.32. The van der Waals surface area contributed by atoms with Crippen molar-refractivity contribution >= 4 is 51.5 Å². The first-order valence-electron chi connectivity index (χ1n) is 6.00. The Morgan fingerprint density at radius 1 is 1.21 bits per heavy atom. The zero-order chi connectivity index (χ0) is 14.8. The molecule has 0 heterocycles. The predicted molar refractivity (Wildman–Crippen MR) is 92.5 cm³/mol. The van der Waals surface area contributed by atoms with Gasteiger partial charge in [-0.1, -0.05) is 20.8 Å². The highest BCUT2D eigenvalue weighted by molar-refractivity contribution is 14.1. The zero-order valence-corrected chi connectivity index (χ0v) is 14.8. The first-order chi connectivity index (χ1) is 8.61. The van der Waals surface area contributed by atoms with E-state index in [1.165, 1.54) is 9.13 Å². The largest absolute Gasteiger partial charge is 0.332 e. The van der Waals surface area contributed by atoms with Crippen LogP contribution in [-0.4, -0.2) is 11.0 Å². The molecule has 0 aromatic heterocycles. The van der Waals surface area contributed by atoms with E-state index >= 15 is 0 Å². The molecule has 0 unspecified atom stereocenters. The molecule has 0 bridgehead atoms. The number of amides is 1. The highest BCUT2D eigenvalue weighted by Gasteiger charge is 2.22. The molecule has 1 rings (SSSR count). The van der Waals surface area contributed by atoms with Gasteiger partial charge in [0, 0.05) is 14.7 Å². The van der Waals surface area contributed by atoms with E-state index in [-0.39, 0.29) is 5.91 Å². The number of carbonyl (C=O) groups is 1. The van der Waals surface area contributed by atoms with Crippen LogP contribution in [0.2, 0.25) is 0 Å². The molecular formula is C14H19IN2OS. The van der Waals surface area contributed by atoms with Crippen molar-refractivity contribution in [3.05, 3.63) is 26.8 Å². The Morgan fingerprint density at radius 3 is 2.32 bits per heavy atom. The Morgan fingerprint density at radius 2 is 1.79 bits per heavy atom. The fourth-order valence-electron chi connectivity index (χ4n) is 1.36. The Bertz CT molecular complexity index is 521. The second-order valence-corrected chi connectivity index (χ2v) is 7.15. The lowest BCUT2D eigenvalue weighted by molar-refractivity contribution is -0.126. The SMILES string of the molecule is Cc1cc(NC(=S)NC(=O)C(C)(C)C)c(C)cc1I. The molecule has 0 saturated carbocycles. The van der Waals surface area contributed by atoms with Crippen molar-refractivity contribution < 1.29 is 4.79 Å². The third-order valence-corrected chi connectivity index (χ3v) is 4.03. The summed E-state index contributed by atoms with van der Waals surface area (Å²) in [6, 6.07) is 4.12. The first kappa shape index (κ1) is 16.4. The summed E-state index contributed by atoms with van der Waals surface area (Å²) >= 11 is 7.47. The number of rotatable bonds is 1. The lowest BCUT2D eigenvalue weighted by atomic mass is 9.96. The fraction of sp³-hybridized carbons (Fsp3) is 0.429. The Balaban J connectivity index is 2.78. The van der Waals surface area contributed by atoms with Crippen LogP contribution in [0.4, 0.5) is 5.69 Å². The van der Waals surface area contributed by atoms with Crippen LogP contribution in [0.1, 0.15) is 31.9 Å². The molecule has 0 aliphatic heterocycles. The van der Waals surface area contributed by atoms with E-state index in [1.54, 1.807) is 0 Å². The molecule has 0 aliphatic carbocycles. The highest BCUT2D eigenvalue weighted by atomic mass is 127. The summed E-state index contributed by atoms with van der Waals surface area (Å²) in [6.07, 6.45) is 0. The van der Waals surface area contributed by atoms with Crippen molar-refractivity contribution in [2.75, 3.05) is 5.32 Å². The van der Waals surface area contributed by atoms with Gasteiger partial charge < -0.3 is 10.6 Å². The molecule has 3 nitrogen and oxygen atoms in total. The maximum Gasteiger partial charge on any atom is 0.231 e. The van der Waals surface area contributed by atoms with Crippen molar-refractivity contribution in [1.82, 2.24) is 5.32 Å². The van der Waals surface area contributed by atoms with Gasteiger partial charge in [0.15, 0.2) is 5.11 Å². The van der Waals surface area contributed by atoms with Crippen LogP contribution in [0.25, 0.3) is 0 Å². The van der Waals surface area contributed by atoms with Gasteiger partial charge in [0.1, 0.15) is 0 Å². The molecule has 0 spiro atoms. The number of nitrogens with one attached hydrogen (secondary N) is 2. The predicted octanol–water partition coefficient (Wildman–Crippen LogP) is 3.77. The average molecular weight is 390 g/mol. The maximum absolute atomic E-state index is 11.8. The molecule has 1 amide bonds. The third kappa shape index (κ3) is 4.72. The number of carbonyl (C=O) groups excluding carboxylic acids is 1. The summed E-state index contributed by atoms with van der Waals surface area (Å²) in [7, 11) is 0. The number of anilines is 1. The number of hydrogen-bond donors (Lipinski definition) is 2. The lowest BCUT2D eigenvalue weighted by Gasteiger charge is -2.19. The molecule has 5 heteroatoms. The molecular weight excluding hydrogens is 371 g/mol. The minimum atomic E-state index is -0.456. The van der Waals surface area contributed by atoms with Crippen LogP contribution in [0.15, 0.2) is 12.1 Å². The summed E-state index contributed by atoms with van der Waals surface area (Å²) in [5.74, 6) is -0.0927. The van der Waals surface area contributed by atoms with Crippen LogP contribution in [0.5, 0.6) is 0 Å². The summed E-state index contributed by atoms with van der Waals surface area (Å²) in [5, 5.41) is 6.12. The molecule has 0 fully saturated rings. The molecule has 0 atom stereocenters. The third-order valence-electron chi connectivity index (χ3n) is 2.66. The van der Waals surface area contributed by atoms with Gasteiger partial charge in [-0.25, -0.2) is 0 Å². The van der Waals surface area contributed by atoms with Gasteiger partial charge in [0.05, 0.1) is 0 Å². The van der Waals surface area contributed by atoms with Crippen molar-refractivity contribution in [2.24, 2.45) is 5.41 Å². The molecule has 0 radical (unpaired) electrons. The van der Waals surface area contributed by atoms with Crippen LogP contribution in [-0.2, 0) is 4.79 Å². The number of thiocarbonyl (C=S) groups is 1. The van der Waals surface area contributed by atoms with Gasteiger partial charge in [-0.3, -0.25) is 4.79 Å². The summed E-state index contributed by atoms with van der Waals surface area (Å²) in [5.41, 5.74) is 2.75. The first-order valence-corrected chi connectivity index (χ1v) is 7.49. The van der Waals surface area contributed by atoms with E-state index in [0.29, 0.717) is 5.11 Å². The molecule has 104 valence electrons. The summed E-state index contributed by atoms with van der Waals surface area (Å²) in [4.78, 5) is 11.8. The van der Waals surface area contributed by atoms with Crippen molar-refractivity contribution in [3.63, 3.8) is 0 Å². The molecule has 19 heavy (non-hydrogen) atoms. The highest BCUT2D eigenvalue weighted by Crippen LogP contribution is 2.22. The van der Waals surface area contributed by atoms with Crippen LogP contribution < -0.4 is 10.6 Å². The molecule has 0 saturated heterocycles. The number of aryl methyl sites for hydroxylation is 2. The van der Waals surface area contributed by atoms with E-state index in [0.717, 1.165) is 11.3 Å². The van der Waals surface area contributed by atoms with Crippen molar-refractivity contribution in [2.45, 2.75) is 34.6 Å². The number of halogens is 1. The quantitative estimate of drug-likeness (QED) is 0.567. The van der Waals surface area contributed by atoms with Crippen molar-refractivity contribution in [3.8, 4) is 0 Å². The molecule has 1 aromatic rings. The molecule has 1 aromatic carbocycles. The van der Waals surface area contributed by atoms with Crippen LogP contribution in [0, 0.1) is 22.8 Å². The lowest BCUT2D eigenvalue weighted by Crippen LogP contribution is -2.41. The number of benzene rings is 1. The normalized spacial score (nSPS) is 11.1. The zero-order valence-electron chi connectivity index (χ0n) is 11.8. The standard InChI is InChI=1S/C14H19IN2OS/c1-8-7-11(9(2)6-10(8)15)16-13(19)17-12(18)14(3,4)5/h6-7H,1-5H3,(H2,16,17,18,19). The summed E-state index contributed by atoms with van der Waals surface area (Å²) in [6.45, 7) is 9.61. The topological polar surface area (TPSA) is 41.1 Å². The van der Waals surface area contributed by atoms with E-state index in [1.807, 2.05) is 40.7 Å². The van der Waals surface area contributed by atoms with Gasteiger partial charge in [-0.15, -0.1) is 0 Å². The molecule has 0 aliphatic rings. The minimum absolute atomic E-state index is 0.0927. The Hall–Kier alpha value is -0.690. The van der Waals surface area contributed by atoms with Gasteiger partial charge >= 0.3 is 0 Å². The van der Waals surface area contributed by atoms with Crippen LogP contribution in [0.3, 0.4) is 0 Å². The van der Waals surface area contributed by atoms with E-state index in [2.05, 4.69) is 39.3 Å². The maximum atomic E-state index is 11.8. The van der Waals surface area contributed by atoms with E-state index in [4.69, 9.17) is 12.2 Å². The van der Waals surface area contributed by atoms with E-state index < -0.39 is 5.41 Å². The Labute approximate surface area is 133 Å². The van der Waals surface area contributed by atoms with Gasteiger partial charge in [0.2, 0.25) is 5.91 Å². The molecule has 2 N–H and O–H groups in total. The van der Waals surface area contributed by atoms with Gasteiger partial charge in [-0.2, -0.15) is 0 Å². The summed E-state index contributed by atoms with van der Waals surface area (Å²) < 4.78 is 1.21. The fourth-order valence-corrected chi connectivity index (χ4v) is 2.19. The van der Waals surface area contributed by atoms with Gasteiger partial charge in [-0.05, 0) is 71.9 Å².